The largest absolute Gasteiger partial charge is 0.481 e. The van der Waals surface area contributed by atoms with Crippen LogP contribution in [-0.4, -0.2) is 39.6 Å². The van der Waals surface area contributed by atoms with Crippen LogP contribution in [-0.2, 0) is 14.4 Å². The maximum Gasteiger partial charge on any atom is 0.305 e. The molecule has 1 amide bonds. The summed E-state index contributed by atoms with van der Waals surface area (Å²) >= 11 is 0. The molecule has 1 aliphatic rings. The van der Waals surface area contributed by atoms with E-state index in [-0.39, 0.29) is 24.6 Å². The number of aromatic nitrogens is 1. The molecular weight excluding hydrogens is 374 g/mol. The van der Waals surface area contributed by atoms with E-state index in [2.05, 4.69) is 15.5 Å². The summed E-state index contributed by atoms with van der Waals surface area (Å²) in [5.74, 6) is -1.36. The molecule has 0 bridgehead atoms. The molecule has 2 heterocycles. The Labute approximate surface area is 167 Å². The molecule has 9 heteroatoms. The van der Waals surface area contributed by atoms with Crippen molar-refractivity contribution in [2.45, 2.75) is 31.4 Å². The van der Waals surface area contributed by atoms with Gasteiger partial charge in [-0.2, -0.15) is 0 Å². The van der Waals surface area contributed by atoms with Crippen LogP contribution in [0.25, 0.3) is 0 Å². The maximum absolute atomic E-state index is 12.4. The molecule has 0 saturated heterocycles. The molecule has 2 aromatic rings. The summed E-state index contributed by atoms with van der Waals surface area (Å²) < 4.78 is 0. The van der Waals surface area contributed by atoms with Crippen LogP contribution in [0.3, 0.4) is 0 Å². The molecule has 2 atom stereocenters. The van der Waals surface area contributed by atoms with Gasteiger partial charge in [0.15, 0.2) is 0 Å². The Morgan fingerprint density at radius 3 is 2.69 bits per heavy atom. The van der Waals surface area contributed by atoms with Gasteiger partial charge in [0, 0.05) is 24.4 Å². The van der Waals surface area contributed by atoms with E-state index in [0.717, 1.165) is 5.56 Å². The number of carbonyl (C=O) groups excluding carboxylic acids is 1. The first-order valence-electron chi connectivity index (χ1n) is 9.01. The van der Waals surface area contributed by atoms with Crippen LogP contribution in [0.4, 0.5) is 0 Å². The lowest BCUT2D eigenvalue weighted by molar-refractivity contribution is -0.137. The number of benzene rings is 1. The molecular formula is C20H21N5O4. The van der Waals surface area contributed by atoms with Crippen molar-refractivity contribution in [3.63, 3.8) is 0 Å². The Bertz CT molecular complexity index is 928. The molecule has 3 rings (SSSR count). The Hall–Kier alpha value is -3.75. The minimum Gasteiger partial charge on any atom is -0.481 e. The van der Waals surface area contributed by atoms with Crippen molar-refractivity contribution in [2.24, 2.45) is 10.9 Å². The van der Waals surface area contributed by atoms with Crippen molar-refractivity contribution in [3.8, 4) is 0 Å². The summed E-state index contributed by atoms with van der Waals surface area (Å²) in [6.45, 7) is 0. The number of aliphatic carboxylic acids is 1. The van der Waals surface area contributed by atoms with E-state index < -0.39 is 18.1 Å². The first-order valence-corrected chi connectivity index (χ1v) is 9.01. The van der Waals surface area contributed by atoms with Crippen molar-refractivity contribution in [1.82, 2.24) is 10.3 Å². The van der Waals surface area contributed by atoms with E-state index in [1.165, 1.54) is 6.20 Å². The number of carboxylic acids is 1. The van der Waals surface area contributed by atoms with Gasteiger partial charge in [0.1, 0.15) is 11.9 Å². The van der Waals surface area contributed by atoms with Gasteiger partial charge in [-0.3, -0.25) is 20.0 Å². The lowest BCUT2D eigenvalue weighted by Crippen LogP contribution is -2.32. The Balaban J connectivity index is 1.57. The van der Waals surface area contributed by atoms with Crippen molar-refractivity contribution in [1.29, 1.82) is 5.41 Å². The van der Waals surface area contributed by atoms with Gasteiger partial charge in [-0.25, -0.2) is 0 Å². The molecule has 9 nitrogen and oxygen atoms in total. The van der Waals surface area contributed by atoms with Gasteiger partial charge in [0.2, 0.25) is 5.91 Å². The number of carbonyl (C=O) groups is 2. The average molecular weight is 395 g/mol. The third-order valence-corrected chi connectivity index (χ3v) is 4.48. The third-order valence-electron chi connectivity index (χ3n) is 4.48. The topological polar surface area (TPSA) is 151 Å². The predicted molar refractivity (Wildman–Crippen MR) is 105 cm³/mol. The zero-order valence-corrected chi connectivity index (χ0v) is 15.5. The second-order valence-corrected chi connectivity index (χ2v) is 6.67. The zero-order chi connectivity index (χ0) is 20.8. The van der Waals surface area contributed by atoms with E-state index in [1.54, 1.807) is 42.6 Å². The fourth-order valence-corrected chi connectivity index (χ4v) is 3.02. The number of carboxylic acid groups (broad SMARTS) is 1. The van der Waals surface area contributed by atoms with E-state index in [9.17, 15) is 9.59 Å². The fourth-order valence-electron chi connectivity index (χ4n) is 3.02. The van der Waals surface area contributed by atoms with Crippen LogP contribution >= 0.6 is 0 Å². The Morgan fingerprint density at radius 2 is 2.07 bits per heavy atom. The van der Waals surface area contributed by atoms with Gasteiger partial charge < -0.3 is 21.0 Å². The number of nitrogen functional groups attached to an aromatic ring is 1. The molecule has 1 aliphatic heterocycles. The SMILES string of the molecule is N=C(N)c1ccc(C2=NOC(CC(=O)NC(CC(=O)O)c3cccnc3)C2)cc1. The molecule has 0 fully saturated rings. The first kappa shape index (κ1) is 20.0. The second kappa shape index (κ2) is 8.96. The predicted octanol–water partition coefficient (Wildman–Crippen LogP) is 1.58. The summed E-state index contributed by atoms with van der Waals surface area (Å²) in [6.07, 6.45) is 2.94. The Kier molecular flexibility index (Phi) is 6.18. The molecule has 0 radical (unpaired) electrons. The van der Waals surface area contributed by atoms with Crippen LogP contribution in [0.2, 0.25) is 0 Å². The van der Waals surface area contributed by atoms with Gasteiger partial charge in [0.05, 0.1) is 24.6 Å². The van der Waals surface area contributed by atoms with Gasteiger partial charge in [-0.15, -0.1) is 0 Å². The van der Waals surface area contributed by atoms with Crippen LogP contribution in [0, 0.1) is 5.41 Å². The van der Waals surface area contributed by atoms with Crippen molar-refractivity contribution in [3.05, 3.63) is 65.5 Å². The summed E-state index contributed by atoms with van der Waals surface area (Å²) in [5.41, 5.74) is 8.22. The number of nitrogens with zero attached hydrogens (tertiary/aromatic N) is 2. The van der Waals surface area contributed by atoms with Crippen LogP contribution in [0.1, 0.15) is 42.0 Å². The lowest BCUT2D eigenvalue weighted by Gasteiger charge is -2.18. The molecule has 0 spiro atoms. The third kappa shape index (κ3) is 5.38. The monoisotopic (exact) mass is 395 g/mol. The number of hydrogen-bond acceptors (Lipinski definition) is 6. The van der Waals surface area contributed by atoms with E-state index in [4.69, 9.17) is 21.1 Å². The average Bonchev–Trinajstić information content (AvgIpc) is 3.16. The van der Waals surface area contributed by atoms with E-state index in [0.29, 0.717) is 23.3 Å². The summed E-state index contributed by atoms with van der Waals surface area (Å²) in [7, 11) is 0. The second-order valence-electron chi connectivity index (χ2n) is 6.67. The minimum absolute atomic E-state index is 0.0137. The highest BCUT2D eigenvalue weighted by molar-refractivity contribution is 6.02. The highest BCUT2D eigenvalue weighted by atomic mass is 16.6. The fraction of sp³-hybridized carbons (Fsp3) is 0.250. The van der Waals surface area contributed by atoms with Crippen molar-refractivity contribution >= 4 is 23.4 Å². The molecule has 150 valence electrons. The van der Waals surface area contributed by atoms with Crippen molar-refractivity contribution in [2.75, 3.05) is 0 Å². The molecule has 1 aromatic heterocycles. The van der Waals surface area contributed by atoms with Gasteiger partial charge >= 0.3 is 5.97 Å². The smallest absolute Gasteiger partial charge is 0.305 e. The van der Waals surface area contributed by atoms with E-state index in [1.807, 2.05) is 0 Å². The lowest BCUT2D eigenvalue weighted by atomic mass is 10.0. The first-order chi connectivity index (χ1) is 13.9. The number of hydrogen-bond donors (Lipinski definition) is 4. The van der Waals surface area contributed by atoms with Crippen LogP contribution < -0.4 is 11.1 Å². The normalized spacial score (nSPS) is 16.4. The highest BCUT2D eigenvalue weighted by Crippen LogP contribution is 2.21. The van der Waals surface area contributed by atoms with Gasteiger partial charge in [0.25, 0.3) is 0 Å². The molecule has 5 N–H and O–H groups in total. The Morgan fingerprint density at radius 1 is 1.31 bits per heavy atom. The maximum atomic E-state index is 12.4. The number of nitrogens with one attached hydrogen (secondary N) is 2. The number of amidine groups is 1. The highest BCUT2D eigenvalue weighted by Gasteiger charge is 2.26. The van der Waals surface area contributed by atoms with Crippen molar-refractivity contribution < 1.29 is 19.5 Å². The molecule has 29 heavy (non-hydrogen) atoms. The molecule has 1 aromatic carbocycles. The van der Waals surface area contributed by atoms with Gasteiger partial charge in [-0.05, 0) is 17.2 Å². The van der Waals surface area contributed by atoms with Gasteiger partial charge in [-0.1, -0.05) is 35.5 Å². The summed E-state index contributed by atoms with van der Waals surface area (Å²) in [5, 5.41) is 23.3. The molecule has 2 unspecified atom stereocenters. The van der Waals surface area contributed by atoms with E-state index >= 15 is 0 Å². The van der Waals surface area contributed by atoms with Crippen LogP contribution in [0.5, 0.6) is 0 Å². The number of rotatable bonds is 8. The summed E-state index contributed by atoms with van der Waals surface area (Å²) in [6, 6.07) is 9.79. The molecule has 0 aliphatic carbocycles. The van der Waals surface area contributed by atoms with Crippen LogP contribution in [0.15, 0.2) is 53.9 Å². The molecule has 0 saturated carbocycles. The quantitative estimate of drug-likeness (QED) is 0.393. The number of amides is 1. The minimum atomic E-state index is -1.02. The number of pyridine rings is 1. The standard InChI is InChI=1S/C20H21N5O4/c21-20(22)13-5-3-12(4-6-13)17-8-15(29-25-17)9-18(26)24-16(10-19(27)28)14-2-1-7-23-11-14/h1-7,11,15-16H,8-10H2,(H3,21,22)(H,24,26)(H,27,28). The number of nitrogens with two attached hydrogens (primary N) is 1. The number of oxime groups is 1. The summed E-state index contributed by atoms with van der Waals surface area (Å²) in [4.78, 5) is 32.9. The zero-order valence-electron chi connectivity index (χ0n) is 15.5.